The summed E-state index contributed by atoms with van der Waals surface area (Å²) in [5, 5.41) is 19.8. The predicted octanol–water partition coefficient (Wildman–Crippen LogP) is 3.31. The van der Waals surface area contributed by atoms with Crippen LogP contribution in [0, 0.1) is 10.1 Å². The van der Waals surface area contributed by atoms with Crippen molar-refractivity contribution in [3.8, 4) is 17.1 Å². The maximum Gasteiger partial charge on any atom is 0.270 e. The maximum absolute atomic E-state index is 12.2. The largest absolute Gasteiger partial charge is 0.310 e. The molecule has 136 valence electrons. The van der Waals surface area contributed by atoms with E-state index in [2.05, 4.69) is 10.2 Å². The number of nitrogens with zero attached hydrogens (tertiary/aromatic N) is 5. The molecular weight excluding hydrogens is 346 g/mol. The number of amides is 1. The molecule has 2 aromatic carbocycles. The van der Waals surface area contributed by atoms with E-state index in [1.165, 1.54) is 19.1 Å². The van der Waals surface area contributed by atoms with E-state index in [-0.39, 0.29) is 17.5 Å². The number of fused-ring (bicyclic) bond motifs is 3. The average molecular weight is 363 g/mol. The van der Waals surface area contributed by atoms with Crippen LogP contribution in [0.15, 0.2) is 48.5 Å². The van der Waals surface area contributed by atoms with Crippen molar-refractivity contribution in [1.82, 2.24) is 14.8 Å². The van der Waals surface area contributed by atoms with Crippen molar-refractivity contribution in [2.24, 2.45) is 0 Å². The Morgan fingerprint density at radius 1 is 1.15 bits per heavy atom. The summed E-state index contributed by atoms with van der Waals surface area (Å²) in [7, 11) is 0. The van der Waals surface area contributed by atoms with Crippen molar-refractivity contribution in [3.05, 3.63) is 64.5 Å². The lowest BCUT2D eigenvalue weighted by Gasteiger charge is -2.22. The molecule has 27 heavy (non-hydrogen) atoms. The van der Waals surface area contributed by atoms with E-state index in [1.54, 1.807) is 17.0 Å². The van der Waals surface area contributed by atoms with Crippen LogP contribution < -0.4 is 4.90 Å². The molecule has 1 amide bonds. The van der Waals surface area contributed by atoms with Gasteiger partial charge in [-0.05, 0) is 12.1 Å². The number of anilines is 1. The number of rotatable bonds is 2. The second-order valence-electron chi connectivity index (χ2n) is 6.54. The molecule has 0 N–H and O–H groups in total. The van der Waals surface area contributed by atoms with Crippen LogP contribution in [0.2, 0.25) is 0 Å². The molecule has 0 bridgehead atoms. The molecule has 1 atom stereocenters. The fourth-order valence-electron chi connectivity index (χ4n) is 3.43. The van der Waals surface area contributed by atoms with Gasteiger partial charge in [0.2, 0.25) is 5.91 Å². The summed E-state index contributed by atoms with van der Waals surface area (Å²) in [4.78, 5) is 24.7. The van der Waals surface area contributed by atoms with Crippen molar-refractivity contribution in [2.75, 3.05) is 11.4 Å². The SMILES string of the molecule is CC(=O)N1CC(C)c2nnc(-c3cccc([N+](=O)[O-])c3)n2-c2ccccc21. The summed E-state index contributed by atoms with van der Waals surface area (Å²) in [6.07, 6.45) is 0. The lowest BCUT2D eigenvalue weighted by Crippen LogP contribution is -2.31. The molecule has 0 aliphatic carbocycles. The summed E-state index contributed by atoms with van der Waals surface area (Å²) in [5.41, 5.74) is 2.13. The molecule has 8 nitrogen and oxygen atoms in total. The maximum atomic E-state index is 12.2. The Balaban J connectivity index is 1.97. The molecule has 4 rings (SSSR count). The van der Waals surface area contributed by atoms with Crippen LogP contribution in [-0.2, 0) is 4.79 Å². The highest BCUT2D eigenvalue weighted by atomic mass is 16.6. The molecule has 1 unspecified atom stereocenters. The van der Waals surface area contributed by atoms with Crippen LogP contribution in [0.5, 0.6) is 0 Å². The first-order valence-electron chi connectivity index (χ1n) is 8.55. The number of non-ortho nitro benzene ring substituents is 1. The Morgan fingerprint density at radius 2 is 1.89 bits per heavy atom. The number of carbonyl (C=O) groups is 1. The first-order valence-corrected chi connectivity index (χ1v) is 8.55. The van der Waals surface area contributed by atoms with Crippen LogP contribution in [-0.4, -0.2) is 32.1 Å². The molecular formula is C19H17N5O3. The van der Waals surface area contributed by atoms with Crippen molar-refractivity contribution in [1.29, 1.82) is 0 Å². The van der Waals surface area contributed by atoms with E-state index in [9.17, 15) is 14.9 Å². The highest BCUT2D eigenvalue weighted by molar-refractivity contribution is 5.94. The number of hydrogen-bond acceptors (Lipinski definition) is 5. The van der Waals surface area contributed by atoms with E-state index >= 15 is 0 Å². The molecule has 1 aliphatic rings. The Bertz CT molecular complexity index is 1060. The second-order valence-corrected chi connectivity index (χ2v) is 6.54. The van der Waals surface area contributed by atoms with E-state index in [1.807, 2.05) is 35.8 Å². The van der Waals surface area contributed by atoms with Gasteiger partial charge in [0.05, 0.1) is 16.3 Å². The van der Waals surface area contributed by atoms with E-state index < -0.39 is 4.92 Å². The van der Waals surface area contributed by atoms with Gasteiger partial charge in [-0.25, -0.2) is 0 Å². The topological polar surface area (TPSA) is 94.2 Å². The Hall–Kier alpha value is -3.55. The number of hydrogen-bond donors (Lipinski definition) is 0. The number of carbonyl (C=O) groups excluding carboxylic acids is 1. The highest BCUT2D eigenvalue weighted by Gasteiger charge is 2.30. The lowest BCUT2D eigenvalue weighted by atomic mass is 10.1. The van der Waals surface area contributed by atoms with E-state index in [0.29, 0.717) is 23.8 Å². The zero-order valence-corrected chi connectivity index (χ0v) is 14.9. The van der Waals surface area contributed by atoms with Gasteiger partial charge >= 0.3 is 0 Å². The molecule has 0 spiro atoms. The van der Waals surface area contributed by atoms with Crippen molar-refractivity contribution in [2.45, 2.75) is 19.8 Å². The standard InChI is InChI=1S/C19H17N5O3/c1-12-11-22(13(2)25)16-8-3-4-9-17(16)23-18(12)20-21-19(23)14-6-5-7-15(10-14)24(26)27/h3-10,12H,11H2,1-2H3. The van der Waals surface area contributed by atoms with Gasteiger partial charge in [-0.3, -0.25) is 19.5 Å². The van der Waals surface area contributed by atoms with Gasteiger partial charge in [-0.2, -0.15) is 0 Å². The lowest BCUT2D eigenvalue weighted by molar-refractivity contribution is -0.384. The zero-order valence-electron chi connectivity index (χ0n) is 14.9. The molecule has 0 fully saturated rings. The van der Waals surface area contributed by atoms with Gasteiger partial charge in [-0.15, -0.1) is 10.2 Å². The molecule has 2 heterocycles. The zero-order chi connectivity index (χ0) is 19.1. The summed E-state index contributed by atoms with van der Waals surface area (Å²) in [5.74, 6) is 1.12. The van der Waals surface area contributed by atoms with Crippen molar-refractivity contribution in [3.63, 3.8) is 0 Å². The minimum atomic E-state index is -0.433. The Morgan fingerprint density at radius 3 is 2.59 bits per heavy atom. The average Bonchev–Trinajstić information content (AvgIpc) is 3.06. The summed E-state index contributed by atoms with van der Waals surface area (Å²) in [6, 6.07) is 13.9. The van der Waals surface area contributed by atoms with Crippen molar-refractivity contribution >= 4 is 17.3 Å². The van der Waals surface area contributed by atoms with Crippen LogP contribution >= 0.6 is 0 Å². The summed E-state index contributed by atoms with van der Waals surface area (Å²) < 4.78 is 1.89. The molecule has 0 saturated carbocycles. The molecule has 8 heteroatoms. The first kappa shape index (κ1) is 16.9. The van der Waals surface area contributed by atoms with Crippen molar-refractivity contribution < 1.29 is 9.72 Å². The highest BCUT2D eigenvalue weighted by Crippen LogP contribution is 2.36. The number of para-hydroxylation sites is 2. The normalized spacial score (nSPS) is 15.6. The van der Waals surface area contributed by atoms with Crippen LogP contribution in [0.4, 0.5) is 11.4 Å². The summed E-state index contributed by atoms with van der Waals surface area (Å²) in [6.45, 7) is 4.01. The molecule has 1 aliphatic heterocycles. The number of nitro benzene ring substituents is 1. The third-order valence-electron chi connectivity index (χ3n) is 4.69. The number of nitro groups is 1. The quantitative estimate of drug-likeness (QED) is 0.514. The smallest absolute Gasteiger partial charge is 0.270 e. The van der Waals surface area contributed by atoms with Gasteiger partial charge in [0.15, 0.2) is 5.82 Å². The van der Waals surface area contributed by atoms with Crippen LogP contribution in [0.25, 0.3) is 17.1 Å². The number of aromatic nitrogens is 3. The third-order valence-corrected chi connectivity index (χ3v) is 4.69. The minimum absolute atomic E-state index is 0.00910. The fourth-order valence-corrected chi connectivity index (χ4v) is 3.43. The molecule has 3 aromatic rings. The third kappa shape index (κ3) is 2.75. The monoisotopic (exact) mass is 363 g/mol. The van der Waals surface area contributed by atoms with Crippen LogP contribution in [0.3, 0.4) is 0 Å². The predicted molar refractivity (Wildman–Crippen MR) is 99.9 cm³/mol. The van der Waals surface area contributed by atoms with Gasteiger partial charge in [0, 0.05) is 37.1 Å². The number of benzene rings is 2. The first-order chi connectivity index (χ1) is 13.0. The van der Waals surface area contributed by atoms with E-state index in [4.69, 9.17) is 0 Å². The van der Waals surface area contributed by atoms with Gasteiger partial charge in [0.1, 0.15) is 5.82 Å². The fraction of sp³-hybridized carbons (Fsp3) is 0.211. The Kier molecular flexibility index (Phi) is 3.95. The Labute approximate surface area is 155 Å². The van der Waals surface area contributed by atoms with E-state index in [0.717, 1.165) is 11.4 Å². The molecule has 1 aromatic heterocycles. The van der Waals surface area contributed by atoms with Crippen LogP contribution in [0.1, 0.15) is 25.6 Å². The minimum Gasteiger partial charge on any atom is -0.310 e. The molecule has 0 saturated heterocycles. The van der Waals surface area contributed by atoms with Gasteiger partial charge in [0.25, 0.3) is 5.69 Å². The van der Waals surface area contributed by atoms with Gasteiger partial charge < -0.3 is 4.90 Å². The van der Waals surface area contributed by atoms with Gasteiger partial charge in [-0.1, -0.05) is 31.2 Å². The molecule has 0 radical (unpaired) electrons. The second kappa shape index (κ2) is 6.31. The summed E-state index contributed by atoms with van der Waals surface area (Å²) >= 11 is 0.